The van der Waals surface area contributed by atoms with Crippen molar-refractivity contribution in [3.8, 4) is 22.6 Å². The number of hydrogen-bond donors (Lipinski definition) is 6. The summed E-state index contributed by atoms with van der Waals surface area (Å²) in [6, 6.07) is 6.69. The van der Waals surface area contributed by atoms with E-state index in [-0.39, 0.29) is 55.5 Å². The third-order valence-electron chi connectivity index (χ3n) is 17.4. The van der Waals surface area contributed by atoms with Crippen LogP contribution < -0.4 is 10.2 Å². The molecule has 6 heterocycles. The van der Waals surface area contributed by atoms with Crippen LogP contribution in [0.1, 0.15) is 94.9 Å². The smallest absolute Gasteiger partial charge is 0.414 e. The minimum Gasteiger partial charge on any atom is -0.459 e. The fraction of sp³-hybridized carbons (Fsp3) is 0.741. The third-order valence-corrected chi connectivity index (χ3v) is 18.3. The monoisotopic (exact) mass is 1200 g/mol. The van der Waals surface area contributed by atoms with Crippen LogP contribution in [0.3, 0.4) is 0 Å². The molecule has 0 spiro atoms. The van der Waals surface area contributed by atoms with Gasteiger partial charge in [0.15, 0.2) is 12.6 Å². The highest BCUT2D eigenvalue weighted by Crippen LogP contribution is 2.41. The molecule has 4 aliphatic heterocycles. The van der Waals surface area contributed by atoms with Gasteiger partial charge in [0.05, 0.1) is 73.1 Å². The topological polar surface area (TPSA) is 295 Å². The minimum atomic E-state index is -1.87. The maximum atomic E-state index is 15.5. The molecular weight excluding hydrogens is 1110 g/mol. The number of halogens is 1. The van der Waals surface area contributed by atoms with Crippen LogP contribution >= 0.6 is 11.8 Å². The van der Waals surface area contributed by atoms with Gasteiger partial charge in [-0.3, -0.25) is 24.4 Å². The number of methoxy groups -OCH3 is 1. The molecular formula is C58H90FN9O15S. The second-order valence-corrected chi connectivity index (χ2v) is 25.5. The number of aliphatic hydroxyl groups excluding tert-OH is 3. The zero-order valence-corrected chi connectivity index (χ0v) is 51.8. The Hall–Kier alpha value is -4.55. The van der Waals surface area contributed by atoms with E-state index < -0.39 is 126 Å². The normalized spacial score (nSPS) is 36.9. The van der Waals surface area contributed by atoms with Crippen LogP contribution in [0.15, 0.2) is 36.5 Å². The van der Waals surface area contributed by atoms with Gasteiger partial charge in [0.25, 0.3) is 0 Å². The average Bonchev–Trinajstić information content (AvgIpc) is 3.27. The Bertz CT molecular complexity index is 2680. The van der Waals surface area contributed by atoms with Crippen molar-refractivity contribution in [2.75, 3.05) is 63.8 Å². The number of nitrogens with one attached hydrogen (secondary N) is 1. The number of hydrogen-bond acceptors (Lipinski definition) is 22. The van der Waals surface area contributed by atoms with E-state index in [1.165, 1.54) is 47.8 Å². The molecule has 7 rings (SSSR count). The van der Waals surface area contributed by atoms with Gasteiger partial charge in [-0.15, -0.1) is 10.2 Å². The standard InChI is InChI=1S/C58H90FN9O15S/c1-15-44-58(10,76)49(71)35(6)66(12)28-31(2)24-56(8,75)51(33(4)48(34(5)53(73)81-44)82-46-25-57(9,77-14)50(72)36(7)79-46)83-54-47(70)43(22-32(3)78-54)65(11)20-21-84-30-45(69)61-27-39-29-68(55(74)80-39)38-17-18-40(41(59)23-38)37-16-19-42(60-26-37)52-62-64-67(13)63-52/h16-19,23,26,31-36,39,43-44,46-51,54,70-72,75-76H,15,20-22,24-25,27-30H2,1-14H3,(H,61,69)/t31-,32-,33+,34-,35-,36+,39+,43+,44-,46+,47-,48+,49-,50+,51-,54+,56-,57-,58-/m1/s1. The van der Waals surface area contributed by atoms with Crippen LogP contribution in [0, 0.1) is 23.6 Å². The number of aromatic nitrogens is 5. The van der Waals surface area contributed by atoms with Gasteiger partial charge in [-0.05, 0) is 117 Å². The van der Waals surface area contributed by atoms with Gasteiger partial charge in [-0.2, -0.15) is 16.6 Å². The first kappa shape index (κ1) is 67.0. The zero-order valence-electron chi connectivity index (χ0n) is 51.0. The Morgan fingerprint density at radius 1 is 0.964 bits per heavy atom. The minimum absolute atomic E-state index is 0.0451. The van der Waals surface area contributed by atoms with E-state index in [9.17, 15) is 39.9 Å². The predicted molar refractivity (Wildman–Crippen MR) is 308 cm³/mol. The predicted octanol–water partition coefficient (Wildman–Crippen LogP) is 3.54. The van der Waals surface area contributed by atoms with Gasteiger partial charge in [0.2, 0.25) is 11.7 Å². The van der Waals surface area contributed by atoms with Crippen molar-refractivity contribution in [1.82, 2.24) is 40.3 Å². The summed E-state index contributed by atoms with van der Waals surface area (Å²) >= 11 is 1.38. The van der Waals surface area contributed by atoms with E-state index in [1.54, 1.807) is 79.8 Å². The van der Waals surface area contributed by atoms with Gasteiger partial charge in [0.1, 0.15) is 47.6 Å². The molecule has 4 fully saturated rings. The maximum Gasteiger partial charge on any atom is 0.414 e. The lowest BCUT2D eigenvalue weighted by atomic mass is 9.77. The summed E-state index contributed by atoms with van der Waals surface area (Å²) < 4.78 is 59.3. The van der Waals surface area contributed by atoms with Crippen molar-refractivity contribution in [2.45, 2.75) is 191 Å². The zero-order chi connectivity index (χ0) is 61.7. The summed E-state index contributed by atoms with van der Waals surface area (Å²) in [6.45, 7) is 18.3. The highest BCUT2D eigenvalue weighted by Gasteiger charge is 2.53. The molecule has 2 amide bonds. The maximum absolute atomic E-state index is 15.5. The third kappa shape index (κ3) is 15.6. The number of esters is 1. The number of benzene rings is 1. The molecule has 1 aromatic carbocycles. The average molecular weight is 1200 g/mol. The Labute approximate surface area is 496 Å². The van der Waals surface area contributed by atoms with Gasteiger partial charge in [0, 0.05) is 67.7 Å². The largest absolute Gasteiger partial charge is 0.459 e. The molecule has 84 heavy (non-hydrogen) atoms. The van der Waals surface area contributed by atoms with Gasteiger partial charge in [-0.1, -0.05) is 26.8 Å². The summed E-state index contributed by atoms with van der Waals surface area (Å²) in [5.74, 6) is -2.85. The Balaban J connectivity index is 0.986. The highest BCUT2D eigenvalue weighted by atomic mass is 32.2. The molecule has 3 aromatic rings. The number of nitrogens with zero attached hydrogens (tertiary/aromatic N) is 8. The summed E-state index contributed by atoms with van der Waals surface area (Å²) in [7, 11) is 6.81. The number of aryl methyl sites for hydroxylation is 1. The van der Waals surface area contributed by atoms with Crippen LogP contribution in [-0.4, -0.2) is 234 Å². The van der Waals surface area contributed by atoms with Crippen molar-refractivity contribution in [1.29, 1.82) is 0 Å². The van der Waals surface area contributed by atoms with Crippen molar-refractivity contribution < 1.29 is 77.5 Å². The molecule has 26 heteroatoms. The summed E-state index contributed by atoms with van der Waals surface area (Å²) in [5.41, 5.74) is -3.07. The lowest BCUT2D eigenvalue weighted by Gasteiger charge is -2.49. The van der Waals surface area contributed by atoms with Crippen LogP contribution in [0.5, 0.6) is 0 Å². The number of ether oxygens (including phenoxy) is 7. The van der Waals surface area contributed by atoms with E-state index >= 15 is 4.39 Å². The number of amides is 2. The van der Waals surface area contributed by atoms with Crippen molar-refractivity contribution >= 4 is 35.4 Å². The van der Waals surface area contributed by atoms with E-state index in [0.717, 1.165) is 0 Å². The molecule has 2 aromatic heterocycles. The van der Waals surface area contributed by atoms with Crippen molar-refractivity contribution in [3.05, 3.63) is 42.3 Å². The molecule has 0 bridgehead atoms. The number of carbonyl (C=O) groups is 3. The Morgan fingerprint density at radius 2 is 1.69 bits per heavy atom. The number of pyridine rings is 1. The molecule has 19 atom stereocenters. The number of rotatable bonds is 17. The van der Waals surface area contributed by atoms with Crippen LogP contribution in [0.4, 0.5) is 14.9 Å². The lowest BCUT2D eigenvalue weighted by molar-refractivity contribution is -0.318. The number of likely N-dealkylation sites (N-methyl/N-ethyl adjacent to an activating group) is 2. The van der Waals surface area contributed by atoms with Crippen molar-refractivity contribution in [3.63, 3.8) is 0 Å². The first-order valence-corrected chi connectivity index (χ1v) is 30.2. The number of aliphatic hydroxyl groups is 5. The summed E-state index contributed by atoms with van der Waals surface area (Å²) in [5, 5.41) is 74.5. The SMILES string of the molecule is CC[C@H]1OC(=O)[C@H](C)[C@@H](O[C@H]2C[C@@](C)(OC)[C@@H](O)[C@H](C)O2)[C@H](C)[C@@H](O[C@@H]2O[C@H](C)C[C@H](N(C)CCSCC(=O)NC[C@H]3CN(c4ccc(-c5ccc(-c6nnn(C)n6)nc5)c(F)c4)C(=O)O3)[C@H]2O)[C@](C)(O)C[C@@H](C)CN(C)[C@H](C)[C@@H](O)[C@]1(C)O. The summed E-state index contributed by atoms with van der Waals surface area (Å²) in [6.07, 6.45) is -9.49. The summed E-state index contributed by atoms with van der Waals surface area (Å²) in [4.78, 5) is 51.4. The second kappa shape index (κ2) is 28.1. The second-order valence-electron chi connectivity index (χ2n) is 24.4. The lowest BCUT2D eigenvalue weighted by Crippen LogP contribution is -2.61. The quantitative estimate of drug-likeness (QED) is 0.0832. The van der Waals surface area contributed by atoms with E-state index in [2.05, 4.69) is 25.7 Å². The van der Waals surface area contributed by atoms with Gasteiger partial charge in [-0.25, -0.2) is 9.18 Å². The number of cyclic esters (lactones) is 2. The van der Waals surface area contributed by atoms with Crippen molar-refractivity contribution in [2.24, 2.45) is 24.8 Å². The van der Waals surface area contributed by atoms with Gasteiger partial charge >= 0.3 is 12.1 Å². The molecule has 470 valence electrons. The van der Waals surface area contributed by atoms with E-state index in [0.29, 0.717) is 48.0 Å². The molecule has 0 radical (unpaired) electrons. The fourth-order valence-corrected chi connectivity index (χ4v) is 13.1. The first-order chi connectivity index (χ1) is 39.5. The van der Waals surface area contributed by atoms with E-state index in [1.807, 2.05) is 37.7 Å². The van der Waals surface area contributed by atoms with Crippen LogP contribution in [0.2, 0.25) is 0 Å². The molecule has 24 nitrogen and oxygen atoms in total. The van der Waals surface area contributed by atoms with Gasteiger partial charge < -0.3 is 68.9 Å². The van der Waals surface area contributed by atoms with Crippen LogP contribution in [0.25, 0.3) is 22.6 Å². The molecule has 6 N–H and O–H groups in total. The Morgan fingerprint density at radius 3 is 2.33 bits per heavy atom. The number of thioether (sulfide) groups is 1. The number of anilines is 1. The van der Waals surface area contributed by atoms with Crippen LogP contribution in [-0.2, 0) is 49.8 Å². The van der Waals surface area contributed by atoms with E-state index in [4.69, 9.17) is 33.2 Å². The molecule has 4 saturated heterocycles. The molecule has 0 saturated carbocycles. The highest BCUT2D eigenvalue weighted by molar-refractivity contribution is 7.99. The number of carbonyl (C=O) groups excluding carboxylic acids is 3. The molecule has 4 aliphatic rings. The Kier molecular flexibility index (Phi) is 22.4. The molecule has 0 unspecified atom stereocenters. The molecule has 0 aliphatic carbocycles. The fourth-order valence-electron chi connectivity index (χ4n) is 12.3. The number of tetrazole rings is 1. The first-order valence-electron chi connectivity index (χ1n) is 29.1.